The molecule has 0 amide bonds. The van der Waals surface area contributed by atoms with Gasteiger partial charge in [-0.1, -0.05) is 6.55 Å². The number of hydrogen-bond acceptors (Lipinski definition) is 1. The summed E-state index contributed by atoms with van der Waals surface area (Å²) in [6, 6.07) is 0.192. The van der Waals surface area contributed by atoms with Crippen LogP contribution in [-0.2, 0) is 4.12 Å². The third-order valence-corrected chi connectivity index (χ3v) is 7.28. The highest BCUT2D eigenvalue weighted by molar-refractivity contribution is 6.75. The predicted octanol–water partition coefficient (Wildman–Crippen LogP) is 2.29. The summed E-state index contributed by atoms with van der Waals surface area (Å²) in [6.45, 7) is 5.63. The third kappa shape index (κ3) is 6.87. The van der Waals surface area contributed by atoms with E-state index in [2.05, 4.69) is 0 Å². The van der Waals surface area contributed by atoms with Crippen LogP contribution in [0.3, 0.4) is 0 Å². The zero-order valence-electron chi connectivity index (χ0n) is 7.66. The number of alkyl halides is 3. The zero-order valence-corrected chi connectivity index (χ0v) is 10.1. The van der Waals surface area contributed by atoms with Gasteiger partial charge in [0.05, 0.1) is 0 Å². The lowest BCUT2D eigenvalue weighted by molar-refractivity contribution is -0.131. The quantitative estimate of drug-likeness (QED) is 0.655. The molecular weight excluding hydrogens is 201 g/mol. The van der Waals surface area contributed by atoms with E-state index in [1.165, 1.54) is 0 Å². The summed E-state index contributed by atoms with van der Waals surface area (Å²) in [5.41, 5.74) is 0. The SMILES string of the molecule is C[SiH2]O[Si](C)(C)CCC(F)(F)F. The van der Waals surface area contributed by atoms with Crippen molar-refractivity contribution in [2.24, 2.45) is 0 Å². The molecule has 0 aromatic rings. The Hall–Kier alpha value is 0.184. The highest BCUT2D eigenvalue weighted by atomic mass is 28.4. The summed E-state index contributed by atoms with van der Waals surface area (Å²) in [4.78, 5) is 0. The van der Waals surface area contributed by atoms with E-state index >= 15 is 0 Å². The van der Waals surface area contributed by atoms with Crippen LogP contribution in [0.25, 0.3) is 0 Å². The molecule has 74 valence electrons. The van der Waals surface area contributed by atoms with Gasteiger partial charge in [0.15, 0.2) is 8.32 Å². The topological polar surface area (TPSA) is 9.23 Å². The minimum Gasteiger partial charge on any atom is -0.461 e. The van der Waals surface area contributed by atoms with Crippen molar-refractivity contribution < 1.29 is 17.3 Å². The van der Waals surface area contributed by atoms with Gasteiger partial charge in [0.1, 0.15) is 9.76 Å². The molecule has 0 aliphatic rings. The van der Waals surface area contributed by atoms with E-state index in [1.54, 1.807) is 0 Å². The lowest BCUT2D eigenvalue weighted by Crippen LogP contribution is -2.32. The Balaban J connectivity index is 3.75. The van der Waals surface area contributed by atoms with Gasteiger partial charge in [0.2, 0.25) is 0 Å². The molecule has 0 aliphatic carbocycles. The van der Waals surface area contributed by atoms with Crippen molar-refractivity contribution in [3.8, 4) is 0 Å². The molecule has 0 spiro atoms. The molecule has 1 nitrogen and oxygen atoms in total. The molecule has 0 atom stereocenters. The molecule has 12 heavy (non-hydrogen) atoms. The van der Waals surface area contributed by atoms with Gasteiger partial charge in [-0.05, 0) is 19.1 Å². The maximum Gasteiger partial charge on any atom is 0.388 e. The Morgan fingerprint density at radius 1 is 1.33 bits per heavy atom. The summed E-state index contributed by atoms with van der Waals surface area (Å²) in [7, 11) is -2.53. The molecule has 0 saturated carbocycles. The molecular formula is C6H15F3OSi2. The van der Waals surface area contributed by atoms with Gasteiger partial charge in [-0.3, -0.25) is 0 Å². The van der Waals surface area contributed by atoms with E-state index in [-0.39, 0.29) is 6.04 Å². The van der Waals surface area contributed by atoms with Gasteiger partial charge < -0.3 is 4.12 Å². The monoisotopic (exact) mass is 216 g/mol. The van der Waals surface area contributed by atoms with Crippen molar-refractivity contribution in [2.45, 2.75) is 38.3 Å². The Kier molecular flexibility index (Phi) is 4.50. The second-order valence-electron chi connectivity index (χ2n) is 3.31. The van der Waals surface area contributed by atoms with Crippen molar-refractivity contribution in [1.82, 2.24) is 0 Å². The van der Waals surface area contributed by atoms with E-state index in [4.69, 9.17) is 4.12 Å². The van der Waals surface area contributed by atoms with Crippen molar-refractivity contribution >= 4 is 18.1 Å². The minimum atomic E-state index is -4.02. The van der Waals surface area contributed by atoms with Gasteiger partial charge in [0, 0.05) is 6.42 Å². The molecule has 0 aromatic carbocycles. The van der Waals surface area contributed by atoms with Crippen LogP contribution >= 0.6 is 0 Å². The van der Waals surface area contributed by atoms with Crippen molar-refractivity contribution in [1.29, 1.82) is 0 Å². The number of hydrogen-bond donors (Lipinski definition) is 0. The first kappa shape index (κ1) is 12.2. The minimum absolute atomic E-state index is 0.192. The fourth-order valence-electron chi connectivity index (χ4n) is 0.906. The molecule has 0 fully saturated rings. The Morgan fingerprint density at radius 2 is 1.83 bits per heavy atom. The molecule has 0 bridgehead atoms. The molecule has 0 heterocycles. The summed E-state index contributed by atoms with van der Waals surface area (Å²) >= 11 is 0. The zero-order chi connectivity index (χ0) is 9.83. The summed E-state index contributed by atoms with van der Waals surface area (Å²) in [5.74, 6) is 0. The number of rotatable bonds is 4. The van der Waals surface area contributed by atoms with Crippen molar-refractivity contribution in [3.05, 3.63) is 0 Å². The summed E-state index contributed by atoms with van der Waals surface area (Å²) < 4.78 is 40.8. The maximum absolute atomic E-state index is 11.8. The average molecular weight is 216 g/mol. The Labute approximate surface area is 74.4 Å². The van der Waals surface area contributed by atoms with Crippen LogP contribution in [0.4, 0.5) is 13.2 Å². The van der Waals surface area contributed by atoms with Crippen molar-refractivity contribution in [3.63, 3.8) is 0 Å². The summed E-state index contributed by atoms with van der Waals surface area (Å²) in [6.07, 6.45) is -4.72. The second-order valence-corrected chi connectivity index (χ2v) is 9.06. The van der Waals surface area contributed by atoms with E-state index < -0.39 is 30.7 Å². The van der Waals surface area contributed by atoms with E-state index in [1.807, 2.05) is 19.6 Å². The van der Waals surface area contributed by atoms with E-state index in [0.29, 0.717) is 0 Å². The van der Waals surface area contributed by atoms with Crippen molar-refractivity contribution in [2.75, 3.05) is 0 Å². The summed E-state index contributed by atoms with van der Waals surface area (Å²) in [5, 5.41) is 0. The van der Waals surface area contributed by atoms with Crippen LogP contribution in [0.5, 0.6) is 0 Å². The highest BCUT2D eigenvalue weighted by Gasteiger charge is 2.32. The smallest absolute Gasteiger partial charge is 0.388 e. The van der Waals surface area contributed by atoms with E-state index in [9.17, 15) is 13.2 Å². The lowest BCUT2D eigenvalue weighted by atomic mass is 10.5. The molecule has 0 N–H and O–H groups in total. The van der Waals surface area contributed by atoms with Gasteiger partial charge in [0.25, 0.3) is 0 Å². The molecule has 6 heteroatoms. The van der Waals surface area contributed by atoms with E-state index in [0.717, 1.165) is 0 Å². The van der Waals surface area contributed by atoms with Gasteiger partial charge in [-0.2, -0.15) is 13.2 Å². The fourth-order valence-corrected chi connectivity index (χ4v) is 5.49. The second kappa shape index (κ2) is 4.43. The van der Waals surface area contributed by atoms with Gasteiger partial charge >= 0.3 is 6.18 Å². The average Bonchev–Trinajstić information content (AvgIpc) is 1.83. The first-order chi connectivity index (χ1) is 5.27. The molecule has 0 saturated heterocycles. The van der Waals surface area contributed by atoms with Crippen LogP contribution in [0.1, 0.15) is 6.42 Å². The van der Waals surface area contributed by atoms with Crippen LogP contribution in [0, 0.1) is 0 Å². The maximum atomic E-state index is 11.8. The highest BCUT2D eigenvalue weighted by Crippen LogP contribution is 2.26. The third-order valence-electron chi connectivity index (χ3n) is 1.55. The van der Waals surface area contributed by atoms with Crippen LogP contribution in [0.2, 0.25) is 25.7 Å². The largest absolute Gasteiger partial charge is 0.461 e. The fraction of sp³-hybridized carbons (Fsp3) is 1.00. The molecule has 0 aromatic heterocycles. The standard InChI is InChI=1S/C6H15F3OSi2/c1-11-10-12(2,3)5-4-6(7,8)9/h4-5,11H2,1-3H3. The Morgan fingerprint density at radius 3 is 2.17 bits per heavy atom. The van der Waals surface area contributed by atoms with Crippen LogP contribution in [-0.4, -0.2) is 24.3 Å². The predicted molar refractivity (Wildman–Crippen MR) is 48.5 cm³/mol. The molecule has 0 rings (SSSR count). The van der Waals surface area contributed by atoms with Crippen LogP contribution < -0.4 is 0 Å². The van der Waals surface area contributed by atoms with Gasteiger partial charge in [-0.15, -0.1) is 0 Å². The molecule has 0 radical (unpaired) electrons. The van der Waals surface area contributed by atoms with Crippen LogP contribution in [0.15, 0.2) is 0 Å². The van der Waals surface area contributed by atoms with Gasteiger partial charge in [-0.25, -0.2) is 0 Å². The lowest BCUT2D eigenvalue weighted by Gasteiger charge is -2.22. The first-order valence-corrected chi connectivity index (χ1v) is 9.08. The first-order valence-electron chi connectivity index (χ1n) is 3.97. The molecule has 0 unspecified atom stereocenters. The molecule has 0 aliphatic heterocycles. The normalized spacial score (nSPS) is 14.5. The number of halogens is 3. The Bertz CT molecular complexity index is 135.